The monoisotopic (exact) mass is 591 g/mol. The summed E-state index contributed by atoms with van der Waals surface area (Å²) in [5.41, 5.74) is 2.55. The van der Waals surface area contributed by atoms with Crippen molar-refractivity contribution < 1.29 is 31.8 Å². The van der Waals surface area contributed by atoms with Crippen LogP contribution in [0.25, 0.3) is 0 Å². The molecule has 2 aromatic rings. The van der Waals surface area contributed by atoms with Crippen LogP contribution in [-0.4, -0.2) is 75.5 Å². The van der Waals surface area contributed by atoms with Crippen LogP contribution in [0.5, 0.6) is 5.75 Å². The summed E-state index contributed by atoms with van der Waals surface area (Å²) in [5.74, 6) is -2.13. The Balaban J connectivity index is 1.28. The van der Waals surface area contributed by atoms with Gasteiger partial charge in [-0.15, -0.1) is 0 Å². The van der Waals surface area contributed by atoms with Gasteiger partial charge in [0, 0.05) is 57.1 Å². The predicted molar refractivity (Wildman–Crippen MR) is 152 cm³/mol. The summed E-state index contributed by atoms with van der Waals surface area (Å²) in [6, 6.07) is 6.43. The zero-order chi connectivity index (χ0) is 28.8. The third-order valence-electron chi connectivity index (χ3n) is 8.70. The van der Waals surface area contributed by atoms with Crippen LogP contribution in [0.4, 0.5) is 31.8 Å². The highest BCUT2D eigenvalue weighted by Crippen LogP contribution is 2.54. The van der Waals surface area contributed by atoms with Crippen molar-refractivity contribution >= 4 is 38.9 Å². The molecule has 3 aliphatic heterocycles. The Morgan fingerprint density at radius 2 is 1.73 bits per heavy atom. The lowest BCUT2D eigenvalue weighted by atomic mass is 9.93. The number of carbonyl (C=O) groups is 1. The number of anilines is 4. The molecule has 1 aromatic heterocycles. The number of aliphatic hydroxyl groups is 1. The van der Waals surface area contributed by atoms with Gasteiger partial charge in [-0.2, -0.15) is 0 Å². The Morgan fingerprint density at radius 1 is 1.02 bits per heavy atom. The average Bonchev–Trinajstić information content (AvgIpc) is 3.50. The highest BCUT2D eigenvalue weighted by molar-refractivity contribution is 7.92. The number of aliphatic hydroxyl groups excluding tert-OH is 1. The molecule has 3 fully saturated rings. The van der Waals surface area contributed by atoms with Gasteiger partial charge in [-0.1, -0.05) is 0 Å². The smallest absolute Gasteiger partial charge is 0.258 e. The molecule has 1 amide bonds. The summed E-state index contributed by atoms with van der Waals surface area (Å²) in [4.78, 5) is 22.3. The van der Waals surface area contributed by atoms with Crippen LogP contribution < -0.4 is 24.6 Å². The molecule has 1 saturated carbocycles. The zero-order valence-corrected chi connectivity index (χ0v) is 23.6. The highest BCUT2D eigenvalue weighted by Gasteiger charge is 2.44. The Bertz CT molecular complexity index is 1430. The first-order valence-corrected chi connectivity index (χ1v) is 15.8. The van der Waals surface area contributed by atoms with Crippen LogP contribution in [0.2, 0.25) is 0 Å². The summed E-state index contributed by atoms with van der Waals surface area (Å²) in [6.07, 6.45) is 4.57. The molecule has 4 heterocycles. The van der Waals surface area contributed by atoms with E-state index in [1.165, 1.54) is 18.9 Å². The SMILES string of the molecule is O=C(Nc1cc2c(c(N3CCC(F)(F)CC3)n1)CCO2)c1ccc(NS(=O)(=O)CCO)cc1N1CCC2(CC1)CC2. The lowest BCUT2D eigenvalue weighted by molar-refractivity contribution is -0.0221. The first-order chi connectivity index (χ1) is 19.6. The number of nitrogens with zero attached hydrogens (tertiary/aromatic N) is 3. The molecule has 1 aliphatic carbocycles. The molecular formula is C28H35F2N5O5S. The number of amides is 1. The second kappa shape index (κ2) is 10.6. The van der Waals surface area contributed by atoms with Gasteiger partial charge in [0.15, 0.2) is 0 Å². The summed E-state index contributed by atoms with van der Waals surface area (Å²) in [7, 11) is -3.75. The van der Waals surface area contributed by atoms with E-state index in [-0.39, 0.29) is 31.7 Å². The van der Waals surface area contributed by atoms with Crippen LogP contribution >= 0.6 is 0 Å². The molecule has 0 bridgehead atoms. The van der Waals surface area contributed by atoms with Gasteiger partial charge in [-0.3, -0.25) is 9.52 Å². The fourth-order valence-electron chi connectivity index (χ4n) is 6.02. The summed E-state index contributed by atoms with van der Waals surface area (Å²) in [5, 5.41) is 12.0. The molecule has 1 spiro atoms. The number of aromatic nitrogens is 1. The fourth-order valence-corrected chi connectivity index (χ4v) is 6.84. The number of ether oxygens (including phenoxy) is 1. The molecule has 10 nitrogen and oxygen atoms in total. The van der Waals surface area contributed by atoms with Crippen LogP contribution in [0, 0.1) is 5.41 Å². The lowest BCUT2D eigenvalue weighted by Gasteiger charge is -2.35. The van der Waals surface area contributed by atoms with Crippen molar-refractivity contribution in [3.8, 4) is 5.75 Å². The van der Waals surface area contributed by atoms with Gasteiger partial charge in [0.1, 0.15) is 17.4 Å². The van der Waals surface area contributed by atoms with Gasteiger partial charge in [0.2, 0.25) is 10.0 Å². The van der Waals surface area contributed by atoms with Crippen molar-refractivity contribution in [2.75, 3.05) is 65.0 Å². The number of carbonyl (C=O) groups excluding carboxylic acids is 1. The van der Waals surface area contributed by atoms with Gasteiger partial charge in [0.25, 0.3) is 11.8 Å². The number of nitrogens with one attached hydrogen (secondary N) is 2. The van der Waals surface area contributed by atoms with Crippen molar-refractivity contribution in [3.63, 3.8) is 0 Å². The Hall–Kier alpha value is -3.19. The Morgan fingerprint density at radius 3 is 2.41 bits per heavy atom. The van der Waals surface area contributed by atoms with Crippen molar-refractivity contribution in [2.45, 2.75) is 50.9 Å². The van der Waals surface area contributed by atoms with E-state index < -0.39 is 34.2 Å². The van der Waals surface area contributed by atoms with Crippen LogP contribution in [0.3, 0.4) is 0 Å². The lowest BCUT2D eigenvalue weighted by Crippen LogP contribution is -2.40. The largest absolute Gasteiger partial charge is 0.493 e. The second-order valence-electron chi connectivity index (χ2n) is 11.6. The van der Waals surface area contributed by atoms with Crippen LogP contribution in [0.1, 0.15) is 54.4 Å². The predicted octanol–water partition coefficient (Wildman–Crippen LogP) is 3.62. The number of pyridine rings is 1. The minimum absolute atomic E-state index is 0.165. The second-order valence-corrected chi connectivity index (χ2v) is 13.4. The van der Waals surface area contributed by atoms with E-state index in [1.54, 1.807) is 18.2 Å². The van der Waals surface area contributed by atoms with Crippen LogP contribution in [-0.2, 0) is 16.4 Å². The number of alkyl halides is 2. The molecule has 3 N–H and O–H groups in total. The van der Waals surface area contributed by atoms with Crippen molar-refractivity contribution in [1.29, 1.82) is 0 Å². The van der Waals surface area contributed by atoms with Gasteiger partial charge in [-0.05, 0) is 49.3 Å². The van der Waals surface area contributed by atoms with Crippen molar-refractivity contribution in [2.24, 2.45) is 5.41 Å². The number of halogens is 2. The van der Waals surface area contributed by atoms with Gasteiger partial charge in [-0.25, -0.2) is 22.2 Å². The van der Waals surface area contributed by atoms with Gasteiger partial charge < -0.3 is 25.0 Å². The maximum atomic E-state index is 13.8. The van der Waals surface area contributed by atoms with E-state index >= 15 is 0 Å². The third kappa shape index (κ3) is 6.06. The summed E-state index contributed by atoms with van der Waals surface area (Å²) < 4.78 is 60.5. The van der Waals surface area contributed by atoms with E-state index in [2.05, 4.69) is 19.9 Å². The fraction of sp³-hybridized carbons (Fsp3) is 0.571. The first kappa shape index (κ1) is 28.0. The topological polar surface area (TPSA) is 124 Å². The molecule has 0 unspecified atom stereocenters. The maximum absolute atomic E-state index is 13.8. The highest BCUT2D eigenvalue weighted by atomic mass is 32.2. The first-order valence-electron chi connectivity index (χ1n) is 14.2. The maximum Gasteiger partial charge on any atom is 0.258 e. The molecule has 41 heavy (non-hydrogen) atoms. The molecule has 1 aromatic carbocycles. The van der Waals surface area contributed by atoms with E-state index in [4.69, 9.17) is 9.84 Å². The molecule has 0 radical (unpaired) electrons. The minimum Gasteiger partial charge on any atom is -0.493 e. The zero-order valence-electron chi connectivity index (χ0n) is 22.8. The number of piperidine rings is 2. The molecular weight excluding hydrogens is 556 g/mol. The number of rotatable bonds is 8. The summed E-state index contributed by atoms with van der Waals surface area (Å²) in [6.45, 7) is 1.79. The van der Waals surface area contributed by atoms with Gasteiger partial charge >= 0.3 is 0 Å². The molecule has 4 aliphatic rings. The Labute approximate surface area is 238 Å². The molecule has 6 rings (SSSR count). The number of sulfonamides is 1. The summed E-state index contributed by atoms with van der Waals surface area (Å²) >= 11 is 0. The number of hydrogen-bond donors (Lipinski definition) is 3. The third-order valence-corrected chi connectivity index (χ3v) is 9.97. The molecule has 222 valence electrons. The molecule has 0 atom stereocenters. The molecule has 2 saturated heterocycles. The quantitative estimate of drug-likeness (QED) is 0.426. The van der Waals surface area contributed by atoms with Gasteiger partial charge in [0.05, 0.1) is 35.9 Å². The minimum atomic E-state index is -3.75. The number of hydrogen-bond acceptors (Lipinski definition) is 8. The Kier molecular flexibility index (Phi) is 7.21. The normalized spacial score (nSPS) is 20.9. The number of fused-ring (bicyclic) bond motifs is 1. The van der Waals surface area contributed by atoms with Crippen molar-refractivity contribution in [3.05, 3.63) is 35.4 Å². The van der Waals surface area contributed by atoms with E-state index in [1.807, 2.05) is 4.90 Å². The van der Waals surface area contributed by atoms with Crippen molar-refractivity contribution in [1.82, 2.24) is 4.98 Å². The molecule has 13 heteroatoms. The average molecular weight is 592 g/mol. The van der Waals surface area contributed by atoms with E-state index in [9.17, 15) is 22.0 Å². The van der Waals surface area contributed by atoms with E-state index in [0.29, 0.717) is 46.9 Å². The van der Waals surface area contributed by atoms with Crippen LogP contribution in [0.15, 0.2) is 24.3 Å². The standard InChI is InChI=1S/C28H35F2N5O5S/c29-28(30)8-12-35(13-9-28)25-21-3-15-40-23(21)18-24(31-25)32-26(37)20-2-1-19(33-41(38,39)16-14-36)17-22(20)34-10-6-27(4-5-27)7-11-34/h1-2,17-18,33,36H,3-16H2,(H,31,32,37). The number of benzene rings is 1. The van der Waals surface area contributed by atoms with E-state index in [0.717, 1.165) is 31.5 Å².